The highest BCUT2D eigenvalue weighted by Gasteiger charge is 2.37. The van der Waals surface area contributed by atoms with Crippen LogP contribution in [-0.4, -0.2) is 35.2 Å². The molecular weight excluding hydrogens is 473 g/mol. The molecule has 1 aromatic heterocycles. The molecule has 0 aliphatic carbocycles. The molecule has 1 aliphatic rings. The summed E-state index contributed by atoms with van der Waals surface area (Å²) in [6.45, 7) is 4.20. The van der Waals surface area contributed by atoms with E-state index in [2.05, 4.69) is 10.3 Å². The highest BCUT2D eigenvalue weighted by atomic mass is 19.1. The fourth-order valence-corrected chi connectivity index (χ4v) is 4.38. The molecule has 37 heavy (non-hydrogen) atoms. The number of nitrogens with one attached hydrogen (secondary N) is 1. The zero-order chi connectivity index (χ0) is 26.4. The first-order valence-electron chi connectivity index (χ1n) is 11.8. The van der Waals surface area contributed by atoms with Crippen LogP contribution in [0.15, 0.2) is 95.9 Å². The van der Waals surface area contributed by atoms with Crippen LogP contribution in [0.2, 0.25) is 0 Å². The third-order valence-electron chi connectivity index (χ3n) is 6.09. The number of imidazole rings is 1. The van der Waals surface area contributed by atoms with Crippen molar-refractivity contribution in [3.63, 3.8) is 0 Å². The van der Waals surface area contributed by atoms with Crippen molar-refractivity contribution in [1.29, 1.82) is 0 Å². The molecule has 0 bridgehead atoms. The number of nitrogens with zero attached hydrogens (tertiary/aromatic N) is 2. The lowest BCUT2D eigenvalue weighted by Gasteiger charge is -2.30. The van der Waals surface area contributed by atoms with Gasteiger partial charge in [0.1, 0.15) is 12.4 Å². The minimum atomic E-state index is -0.830. The molecule has 1 N–H and O–H groups in total. The average molecular weight is 502 g/mol. The quantitative estimate of drug-likeness (QED) is 0.449. The zero-order valence-corrected chi connectivity index (χ0v) is 20.9. The summed E-state index contributed by atoms with van der Waals surface area (Å²) >= 11 is 0. The Balaban J connectivity index is 1.47. The van der Waals surface area contributed by atoms with Crippen molar-refractivity contribution in [2.24, 2.45) is 0 Å². The minimum absolute atomic E-state index is 0.0263. The molecule has 8 heteroatoms. The summed E-state index contributed by atoms with van der Waals surface area (Å²) in [6.07, 6.45) is 9.03. The van der Waals surface area contributed by atoms with Crippen LogP contribution in [0.4, 0.5) is 4.39 Å². The molecule has 1 unspecified atom stereocenters. The number of hydrogen-bond acceptors (Lipinski definition) is 6. The topological polar surface area (TPSA) is 82.5 Å². The van der Waals surface area contributed by atoms with E-state index in [1.165, 1.54) is 19.2 Å². The monoisotopic (exact) mass is 501 g/mol. The molecule has 3 aromatic rings. The van der Waals surface area contributed by atoms with Crippen LogP contribution in [0.3, 0.4) is 0 Å². The van der Waals surface area contributed by atoms with Crippen molar-refractivity contribution in [3.05, 3.63) is 118 Å². The van der Waals surface area contributed by atoms with Crippen molar-refractivity contribution < 1.29 is 23.5 Å². The molecular formula is C29H28FN3O4. The molecule has 0 saturated carbocycles. The first-order valence-corrected chi connectivity index (χ1v) is 11.8. The Hall–Kier alpha value is -4.46. The Labute approximate surface area is 214 Å². The van der Waals surface area contributed by atoms with E-state index in [9.17, 15) is 14.0 Å². The number of hydrogen-bond donors (Lipinski definition) is 1. The lowest BCUT2D eigenvalue weighted by molar-refractivity contribution is -0.138. The zero-order valence-electron chi connectivity index (χ0n) is 20.9. The lowest BCUT2D eigenvalue weighted by Crippen LogP contribution is -2.32. The van der Waals surface area contributed by atoms with Crippen LogP contribution < -0.4 is 5.32 Å². The van der Waals surface area contributed by atoms with Gasteiger partial charge in [0.2, 0.25) is 0 Å². The van der Waals surface area contributed by atoms with E-state index in [0.29, 0.717) is 17.0 Å². The maximum atomic E-state index is 14.1. The summed E-state index contributed by atoms with van der Waals surface area (Å²) in [6, 6.07) is 13.9. The SMILES string of the molecule is COC(=O)C1=C(C)NC(C)=C(C(=O)OCC=Cc2ccc(Cn3ccnc3)cc2)C1c1cccc(F)c1. The van der Waals surface area contributed by atoms with E-state index in [1.54, 1.807) is 44.6 Å². The summed E-state index contributed by atoms with van der Waals surface area (Å²) in [5.41, 5.74) is 4.09. The molecule has 190 valence electrons. The molecule has 4 rings (SSSR count). The van der Waals surface area contributed by atoms with Gasteiger partial charge in [-0.3, -0.25) is 0 Å². The summed E-state index contributed by atoms with van der Waals surface area (Å²) in [7, 11) is 1.27. The van der Waals surface area contributed by atoms with Crippen molar-refractivity contribution in [1.82, 2.24) is 14.9 Å². The average Bonchev–Trinajstić information content (AvgIpc) is 3.39. The van der Waals surface area contributed by atoms with Crippen molar-refractivity contribution in [2.45, 2.75) is 26.3 Å². The van der Waals surface area contributed by atoms with Gasteiger partial charge in [-0.1, -0.05) is 42.5 Å². The van der Waals surface area contributed by atoms with E-state index in [-0.39, 0.29) is 17.8 Å². The summed E-state index contributed by atoms with van der Waals surface area (Å²) in [5, 5.41) is 3.07. The van der Waals surface area contributed by atoms with Crippen LogP contribution in [0, 0.1) is 5.82 Å². The third-order valence-corrected chi connectivity index (χ3v) is 6.09. The Bertz CT molecular complexity index is 1370. The molecule has 1 atom stereocenters. The Morgan fingerprint density at radius 3 is 2.46 bits per heavy atom. The van der Waals surface area contributed by atoms with Gasteiger partial charge in [-0.25, -0.2) is 19.0 Å². The molecule has 0 spiro atoms. The van der Waals surface area contributed by atoms with Crippen LogP contribution in [-0.2, 0) is 25.6 Å². The van der Waals surface area contributed by atoms with E-state index < -0.39 is 23.7 Å². The number of esters is 2. The molecule has 0 fully saturated rings. The number of ether oxygens (including phenoxy) is 2. The lowest BCUT2D eigenvalue weighted by atomic mass is 9.80. The minimum Gasteiger partial charge on any atom is -0.466 e. The first kappa shape index (κ1) is 25.6. The number of rotatable bonds is 8. The molecule has 2 heterocycles. The van der Waals surface area contributed by atoms with Crippen LogP contribution >= 0.6 is 0 Å². The second kappa shape index (κ2) is 11.5. The molecule has 0 saturated heterocycles. The van der Waals surface area contributed by atoms with Gasteiger partial charge in [0.15, 0.2) is 0 Å². The number of halogens is 1. The second-order valence-corrected chi connectivity index (χ2v) is 8.66. The van der Waals surface area contributed by atoms with Gasteiger partial charge in [0.05, 0.1) is 30.5 Å². The number of allylic oxidation sites excluding steroid dienone is 2. The van der Waals surface area contributed by atoms with Crippen LogP contribution in [0.25, 0.3) is 6.08 Å². The number of methoxy groups -OCH3 is 1. The van der Waals surface area contributed by atoms with Crippen molar-refractivity contribution in [3.8, 4) is 0 Å². The predicted octanol–water partition coefficient (Wildman–Crippen LogP) is 4.73. The van der Waals surface area contributed by atoms with E-state index in [1.807, 2.05) is 41.1 Å². The fraction of sp³-hybridized carbons (Fsp3) is 0.207. The van der Waals surface area contributed by atoms with Gasteiger partial charge in [-0.2, -0.15) is 0 Å². The maximum absolute atomic E-state index is 14.1. The molecule has 0 radical (unpaired) electrons. The van der Waals surface area contributed by atoms with Crippen LogP contribution in [0.5, 0.6) is 0 Å². The Morgan fingerprint density at radius 1 is 1.08 bits per heavy atom. The second-order valence-electron chi connectivity index (χ2n) is 8.66. The highest BCUT2D eigenvalue weighted by Crippen LogP contribution is 2.39. The van der Waals surface area contributed by atoms with Gasteiger partial charge >= 0.3 is 11.9 Å². The molecule has 2 aromatic carbocycles. The maximum Gasteiger partial charge on any atom is 0.337 e. The highest BCUT2D eigenvalue weighted by molar-refractivity contribution is 5.99. The van der Waals surface area contributed by atoms with Gasteiger partial charge in [0.25, 0.3) is 0 Å². The number of carbonyl (C=O) groups is 2. The molecule has 0 amide bonds. The smallest absolute Gasteiger partial charge is 0.337 e. The summed E-state index contributed by atoms with van der Waals surface area (Å²) < 4.78 is 26.6. The first-order chi connectivity index (χ1) is 17.9. The van der Waals surface area contributed by atoms with E-state index in [4.69, 9.17) is 9.47 Å². The standard InChI is InChI=1S/C29H28FN3O4/c1-19-25(28(34)36-3)27(23-7-4-8-24(30)16-23)26(20(2)32-19)29(35)37-15-5-6-21-9-11-22(12-10-21)17-33-14-13-31-18-33/h4-14,16,18,27,32H,15,17H2,1-3H3. The Kier molecular flexibility index (Phi) is 7.98. The van der Waals surface area contributed by atoms with E-state index >= 15 is 0 Å². The van der Waals surface area contributed by atoms with Gasteiger partial charge in [0, 0.05) is 30.3 Å². The molecule has 7 nitrogen and oxygen atoms in total. The summed E-state index contributed by atoms with van der Waals surface area (Å²) in [5.74, 6) is -2.51. The van der Waals surface area contributed by atoms with Gasteiger partial charge < -0.3 is 19.4 Å². The van der Waals surface area contributed by atoms with Crippen molar-refractivity contribution in [2.75, 3.05) is 13.7 Å². The molecule has 1 aliphatic heterocycles. The predicted molar refractivity (Wildman–Crippen MR) is 137 cm³/mol. The third kappa shape index (κ3) is 6.03. The Morgan fingerprint density at radius 2 is 1.81 bits per heavy atom. The van der Waals surface area contributed by atoms with Crippen LogP contribution in [0.1, 0.15) is 36.5 Å². The van der Waals surface area contributed by atoms with E-state index in [0.717, 1.165) is 17.7 Å². The summed E-state index contributed by atoms with van der Waals surface area (Å²) in [4.78, 5) is 29.9. The largest absolute Gasteiger partial charge is 0.466 e. The normalized spacial score (nSPS) is 15.6. The van der Waals surface area contributed by atoms with Crippen molar-refractivity contribution >= 4 is 18.0 Å². The number of aromatic nitrogens is 2. The number of carbonyl (C=O) groups excluding carboxylic acids is 2. The number of benzene rings is 2. The number of dihydropyridines is 1. The van der Waals surface area contributed by atoms with Gasteiger partial charge in [-0.15, -0.1) is 0 Å². The fourth-order valence-electron chi connectivity index (χ4n) is 4.38. The van der Waals surface area contributed by atoms with Gasteiger partial charge in [-0.05, 0) is 48.7 Å².